The SMILES string of the molecule is O=C(CNc1ccc(OCCc2ccccc2)cc1)NCCc1ccccc1. The van der Waals surface area contributed by atoms with Crippen molar-refractivity contribution in [2.24, 2.45) is 0 Å². The highest BCUT2D eigenvalue weighted by Gasteiger charge is 2.02. The fourth-order valence-corrected chi connectivity index (χ4v) is 2.84. The molecule has 0 saturated heterocycles. The maximum Gasteiger partial charge on any atom is 0.239 e. The summed E-state index contributed by atoms with van der Waals surface area (Å²) in [5.74, 6) is 0.813. The van der Waals surface area contributed by atoms with Crippen LogP contribution in [0.15, 0.2) is 84.9 Å². The van der Waals surface area contributed by atoms with Crippen LogP contribution in [0.1, 0.15) is 11.1 Å². The van der Waals surface area contributed by atoms with Crippen LogP contribution in [0.3, 0.4) is 0 Å². The smallest absolute Gasteiger partial charge is 0.239 e. The third-order valence-corrected chi connectivity index (χ3v) is 4.39. The van der Waals surface area contributed by atoms with Crippen molar-refractivity contribution < 1.29 is 9.53 Å². The Labute approximate surface area is 166 Å². The van der Waals surface area contributed by atoms with Crippen LogP contribution in [-0.2, 0) is 17.6 Å². The molecule has 0 aromatic heterocycles. The first-order valence-corrected chi connectivity index (χ1v) is 9.61. The molecule has 0 atom stereocenters. The molecule has 4 nitrogen and oxygen atoms in total. The summed E-state index contributed by atoms with van der Waals surface area (Å²) in [6.45, 7) is 1.53. The van der Waals surface area contributed by atoms with Crippen LogP contribution >= 0.6 is 0 Å². The number of nitrogens with one attached hydrogen (secondary N) is 2. The molecule has 1 amide bonds. The lowest BCUT2D eigenvalue weighted by atomic mass is 10.1. The standard InChI is InChI=1S/C24H26N2O2/c27-24(25-17-15-20-7-3-1-4-8-20)19-26-22-11-13-23(14-12-22)28-18-16-21-9-5-2-6-10-21/h1-14,26H,15-19H2,(H,25,27). The molecule has 0 unspecified atom stereocenters. The van der Waals surface area contributed by atoms with Crippen molar-refractivity contribution in [1.82, 2.24) is 5.32 Å². The summed E-state index contributed by atoms with van der Waals surface area (Å²) >= 11 is 0. The number of benzene rings is 3. The highest BCUT2D eigenvalue weighted by molar-refractivity contribution is 5.80. The number of anilines is 1. The lowest BCUT2D eigenvalue weighted by Gasteiger charge is -2.10. The Kier molecular flexibility index (Phi) is 7.50. The zero-order chi connectivity index (χ0) is 19.4. The quantitative estimate of drug-likeness (QED) is 0.562. The highest BCUT2D eigenvalue weighted by atomic mass is 16.5. The molecule has 28 heavy (non-hydrogen) atoms. The molecule has 0 aliphatic heterocycles. The number of carbonyl (C=O) groups is 1. The first-order chi connectivity index (χ1) is 13.8. The molecule has 3 aromatic carbocycles. The lowest BCUT2D eigenvalue weighted by molar-refractivity contribution is -0.119. The van der Waals surface area contributed by atoms with E-state index >= 15 is 0 Å². The van der Waals surface area contributed by atoms with Gasteiger partial charge in [0.2, 0.25) is 5.91 Å². The fraction of sp³-hybridized carbons (Fsp3) is 0.208. The van der Waals surface area contributed by atoms with Crippen LogP contribution in [-0.4, -0.2) is 25.6 Å². The Bertz CT molecular complexity index is 833. The summed E-state index contributed by atoms with van der Waals surface area (Å²) in [5.41, 5.74) is 3.38. The van der Waals surface area contributed by atoms with Crippen LogP contribution < -0.4 is 15.4 Å². The van der Waals surface area contributed by atoms with Gasteiger partial charge in [-0.25, -0.2) is 0 Å². The van der Waals surface area contributed by atoms with Crippen LogP contribution in [0.5, 0.6) is 5.75 Å². The van der Waals surface area contributed by atoms with Crippen LogP contribution in [0.4, 0.5) is 5.69 Å². The van der Waals surface area contributed by atoms with Gasteiger partial charge in [0.05, 0.1) is 13.2 Å². The fourth-order valence-electron chi connectivity index (χ4n) is 2.84. The average Bonchev–Trinajstić information content (AvgIpc) is 2.75. The number of ether oxygens (including phenoxy) is 1. The molecule has 0 fully saturated rings. The van der Waals surface area contributed by atoms with E-state index in [-0.39, 0.29) is 12.5 Å². The van der Waals surface area contributed by atoms with Gasteiger partial charge in [-0.2, -0.15) is 0 Å². The van der Waals surface area contributed by atoms with Gasteiger partial charge in [0, 0.05) is 18.7 Å². The first kappa shape index (κ1) is 19.5. The Morgan fingerprint density at radius 2 is 1.36 bits per heavy atom. The second-order valence-electron chi connectivity index (χ2n) is 6.55. The molecule has 0 bridgehead atoms. The molecule has 0 spiro atoms. The van der Waals surface area contributed by atoms with E-state index in [0.717, 1.165) is 24.3 Å². The number of hydrogen-bond acceptors (Lipinski definition) is 3. The van der Waals surface area contributed by atoms with Gasteiger partial charge >= 0.3 is 0 Å². The van der Waals surface area contributed by atoms with E-state index in [4.69, 9.17) is 4.74 Å². The third kappa shape index (κ3) is 6.80. The van der Waals surface area contributed by atoms with E-state index < -0.39 is 0 Å². The summed E-state index contributed by atoms with van der Waals surface area (Å²) in [4.78, 5) is 12.0. The Balaban J connectivity index is 1.33. The predicted molar refractivity (Wildman–Crippen MR) is 114 cm³/mol. The van der Waals surface area contributed by atoms with Crippen LogP contribution in [0.25, 0.3) is 0 Å². The topological polar surface area (TPSA) is 50.4 Å². The average molecular weight is 374 g/mol. The third-order valence-electron chi connectivity index (χ3n) is 4.39. The van der Waals surface area contributed by atoms with Crippen LogP contribution in [0.2, 0.25) is 0 Å². The van der Waals surface area contributed by atoms with Crippen LogP contribution in [0, 0.1) is 0 Å². The minimum absolute atomic E-state index is 0.0147. The summed E-state index contributed by atoms with van der Waals surface area (Å²) < 4.78 is 5.78. The van der Waals surface area contributed by atoms with Gasteiger partial charge in [0.1, 0.15) is 5.75 Å². The van der Waals surface area contributed by atoms with E-state index in [1.54, 1.807) is 0 Å². The number of hydrogen-bond donors (Lipinski definition) is 2. The molecule has 2 N–H and O–H groups in total. The summed E-state index contributed by atoms with van der Waals surface area (Å²) in [6, 6.07) is 28.1. The molecule has 3 rings (SSSR count). The molecule has 144 valence electrons. The van der Waals surface area contributed by atoms with Crippen molar-refractivity contribution >= 4 is 11.6 Å². The molecule has 0 radical (unpaired) electrons. The Hall–Kier alpha value is -3.27. The van der Waals surface area contributed by atoms with Crippen molar-refractivity contribution in [2.45, 2.75) is 12.8 Å². The Morgan fingerprint density at radius 1 is 0.750 bits per heavy atom. The summed E-state index contributed by atoms with van der Waals surface area (Å²) in [7, 11) is 0. The zero-order valence-corrected chi connectivity index (χ0v) is 15.9. The number of carbonyl (C=O) groups excluding carboxylic acids is 1. The van der Waals surface area contributed by atoms with Gasteiger partial charge in [-0.05, 0) is 41.8 Å². The van der Waals surface area contributed by atoms with Gasteiger partial charge < -0.3 is 15.4 Å². The van der Waals surface area contributed by atoms with Gasteiger partial charge in [-0.1, -0.05) is 60.7 Å². The minimum atomic E-state index is -0.0147. The summed E-state index contributed by atoms with van der Waals surface area (Å²) in [6.07, 6.45) is 1.71. The maximum atomic E-state index is 12.0. The predicted octanol–water partition coefficient (Wildman–Crippen LogP) is 4.08. The van der Waals surface area contributed by atoms with Gasteiger partial charge in [-0.3, -0.25) is 4.79 Å². The molecule has 0 saturated carbocycles. The molecule has 4 heteroatoms. The van der Waals surface area contributed by atoms with Gasteiger partial charge in [0.15, 0.2) is 0 Å². The minimum Gasteiger partial charge on any atom is -0.493 e. The monoisotopic (exact) mass is 374 g/mol. The second-order valence-corrected chi connectivity index (χ2v) is 6.55. The molecule has 0 heterocycles. The van der Waals surface area contributed by atoms with Crippen molar-refractivity contribution in [2.75, 3.05) is 25.0 Å². The zero-order valence-electron chi connectivity index (χ0n) is 15.9. The molecular formula is C24H26N2O2. The van der Waals surface area contributed by atoms with Gasteiger partial charge in [0.25, 0.3) is 0 Å². The number of rotatable bonds is 10. The normalized spacial score (nSPS) is 10.3. The summed E-state index contributed by atoms with van der Waals surface area (Å²) in [5, 5.41) is 6.06. The lowest BCUT2D eigenvalue weighted by Crippen LogP contribution is -2.31. The van der Waals surface area contributed by atoms with Crippen molar-refractivity contribution in [3.05, 3.63) is 96.1 Å². The van der Waals surface area contributed by atoms with Crippen molar-refractivity contribution in [3.63, 3.8) is 0 Å². The Morgan fingerprint density at radius 3 is 2.00 bits per heavy atom. The van der Waals surface area contributed by atoms with Gasteiger partial charge in [-0.15, -0.1) is 0 Å². The number of amides is 1. The largest absolute Gasteiger partial charge is 0.493 e. The molecular weight excluding hydrogens is 348 g/mol. The van der Waals surface area contributed by atoms with Crippen molar-refractivity contribution in [1.29, 1.82) is 0 Å². The van der Waals surface area contributed by atoms with E-state index in [1.807, 2.05) is 60.7 Å². The van der Waals surface area contributed by atoms with E-state index in [2.05, 4.69) is 34.9 Å². The first-order valence-electron chi connectivity index (χ1n) is 9.61. The van der Waals surface area contributed by atoms with E-state index in [9.17, 15) is 4.79 Å². The molecule has 0 aliphatic carbocycles. The highest BCUT2D eigenvalue weighted by Crippen LogP contribution is 2.16. The second kappa shape index (κ2) is 10.8. The molecule has 0 aliphatic rings. The van der Waals surface area contributed by atoms with Crippen molar-refractivity contribution in [3.8, 4) is 5.75 Å². The molecule has 3 aromatic rings. The van der Waals surface area contributed by atoms with E-state index in [0.29, 0.717) is 13.2 Å². The van der Waals surface area contributed by atoms with E-state index in [1.165, 1.54) is 11.1 Å². The maximum absolute atomic E-state index is 12.0.